The molecule has 0 bridgehead atoms. The van der Waals surface area contributed by atoms with Crippen LogP contribution in [0.15, 0.2) is 76.8 Å². The van der Waals surface area contributed by atoms with Gasteiger partial charge >= 0.3 is 0 Å². The van der Waals surface area contributed by atoms with E-state index in [1.54, 1.807) is 0 Å². The molecule has 0 aliphatic heterocycles. The summed E-state index contributed by atoms with van der Waals surface area (Å²) in [6.07, 6.45) is 6.58. The molecule has 0 heterocycles. The van der Waals surface area contributed by atoms with Gasteiger partial charge in [0.25, 0.3) is 0 Å². The first-order valence-corrected chi connectivity index (χ1v) is 10.5. The fourth-order valence-electron chi connectivity index (χ4n) is 3.38. The Bertz CT molecular complexity index is 954. The molecule has 5 heteroatoms. The van der Waals surface area contributed by atoms with Gasteiger partial charge in [-0.2, -0.15) is 0 Å². The molecule has 0 saturated heterocycles. The van der Waals surface area contributed by atoms with E-state index in [0.29, 0.717) is 0 Å². The van der Waals surface area contributed by atoms with Crippen LogP contribution in [0.5, 0.6) is 0 Å². The van der Waals surface area contributed by atoms with E-state index in [9.17, 15) is 0 Å². The number of rotatable bonds is 4. The molecule has 1 aliphatic carbocycles. The Morgan fingerprint density at radius 3 is 1.50 bits per heavy atom. The van der Waals surface area contributed by atoms with Crippen molar-refractivity contribution in [1.29, 1.82) is 0 Å². The molecule has 3 nitrogen and oxygen atoms in total. The summed E-state index contributed by atoms with van der Waals surface area (Å²) in [4.78, 5) is 4.25. The number of allylic oxidation sites excluding steroid dienone is 5. The molecule has 158 valence electrons. The van der Waals surface area contributed by atoms with Crippen molar-refractivity contribution in [3.8, 4) is 0 Å². The summed E-state index contributed by atoms with van der Waals surface area (Å²) >= 11 is 3.75. The fourth-order valence-corrected chi connectivity index (χ4v) is 4.11. The lowest BCUT2D eigenvalue weighted by Crippen LogP contribution is -3.00. The largest absolute Gasteiger partial charge is 1.00 e. The summed E-state index contributed by atoms with van der Waals surface area (Å²) in [5, 5.41) is 0. The first-order chi connectivity index (χ1) is 13.8. The van der Waals surface area contributed by atoms with E-state index >= 15 is 0 Å². The van der Waals surface area contributed by atoms with Crippen LogP contribution in [0.4, 0.5) is 11.4 Å². The van der Waals surface area contributed by atoms with Crippen molar-refractivity contribution in [3.05, 3.63) is 87.9 Å². The van der Waals surface area contributed by atoms with Crippen LogP contribution < -0.4 is 22.2 Å². The Balaban J connectivity index is 0.00000320. The Kier molecular flexibility index (Phi) is 8.10. The van der Waals surface area contributed by atoms with Crippen molar-refractivity contribution >= 4 is 38.6 Å². The number of hydrogen-bond donors (Lipinski definition) is 0. The first kappa shape index (κ1) is 24.0. The summed E-state index contributed by atoms with van der Waals surface area (Å²) in [6.45, 7) is 0. The van der Waals surface area contributed by atoms with Crippen molar-refractivity contribution in [2.24, 2.45) is 0 Å². The van der Waals surface area contributed by atoms with Crippen LogP contribution in [-0.2, 0) is 0 Å². The predicted molar refractivity (Wildman–Crippen MR) is 131 cm³/mol. The van der Waals surface area contributed by atoms with E-state index < -0.39 is 0 Å². The lowest BCUT2D eigenvalue weighted by molar-refractivity contribution is -0.462. The third-order valence-electron chi connectivity index (χ3n) is 5.06. The summed E-state index contributed by atoms with van der Waals surface area (Å²) in [7, 11) is 12.4. The molecule has 0 saturated carbocycles. The average molecular weight is 487 g/mol. The SMILES string of the molecule is CN(C)c1ccc(C(=C2C=CC(=[N+](C)C)C(Br)=C2)c2ccc(N(C)C)cc2)cc1.[Cl-]. The third kappa shape index (κ3) is 5.24. The van der Waals surface area contributed by atoms with Gasteiger partial charge in [0, 0.05) is 45.6 Å². The Morgan fingerprint density at radius 1 is 0.733 bits per heavy atom. The van der Waals surface area contributed by atoms with Gasteiger partial charge in [0.1, 0.15) is 14.1 Å². The maximum absolute atomic E-state index is 3.75. The molecule has 0 spiro atoms. The van der Waals surface area contributed by atoms with E-state index in [1.165, 1.54) is 39.4 Å². The van der Waals surface area contributed by atoms with E-state index in [-0.39, 0.29) is 12.4 Å². The highest BCUT2D eigenvalue weighted by atomic mass is 79.9. The van der Waals surface area contributed by atoms with Crippen molar-refractivity contribution < 1.29 is 17.0 Å². The normalized spacial score (nSPS) is 12.8. The molecule has 0 fully saturated rings. The minimum Gasteiger partial charge on any atom is -1.00 e. The zero-order valence-electron chi connectivity index (χ0n) is 18.4. The van der Waals surface area contributed by atoms with E-state index in [1.807, 2.05) is 0 Å². The molecule has 0 N–H and O–H groups in total. The minimum atomic E-state index is 0. The van der Waals surface area contributed by atoms with Gasteiger partial charge < -0.3 is 22.2 Å². The molecular formula is C25H29BrClN3. The maximum atomic E-state index is 3.75. The third-order valence-corrected chi connectivity index (χ3v) is 5.70. The zero-order valence-corrected chi connectivity index (χ0v) is 20.8. The molecule has 2 aromatic carbocycles. The summed E-state index contributed by atoms with van der Waals surface area (Å²) in [6, 6.07) is 17.5. The number of hydrogen-bond acceptors (Lipinski definition) is 2. The molecule has 1 aliphatic rings. The van der Waals surface area contributed by atoms with E-state index in [0.717, 1.165) is 4.48 Å². The average Bonchev–Trinajstić information content (AvgIpc) is 2.69. The van der Waals surface area contributed by atoms with Gasteiger partial charge in [-0.25, -0.2) is 4.58 Å². The monoisotopic (exact) mass is 485 g/mol. The fraction of sp³-hybridized carbons (Fsp3) is 0.240. The zero-order chi connectivity index (χ0) is 21.1. The highest BCUT2D eigenvalue weighted by molar-refractivity contribution is 9.12. The molecule has 0 unspecified atom stereocenters. The number of nitrogens with zero attached hydrogens (tertiary/aromatic N) is 3. The summed E-state index contributed by atoms with van der Waals surface area (Å²) < 4.78 is 3.21. The highest BCUT2D eigenvalue weighted by Crippen LogP contribution is 2.33. The summed E-state index contributed by atoms with van der Waals surface area (Å²) in [5.41, 5.74) is 8.39. The topological polar surface area (TPSA) is 9.49 Å². The first-order valence-electron chi connectivity index (χ1n) is 9.67. The van der Waals surface area contributed by atoms with Crippen molar-refractivity contribution in [2.45, 2.75) is 0 Å². The summed E-state index contributed by atoms with van der Waals surface area (Å²) in [5.74, 6) is 0. The molecular weight excluding hydrogens is 458 g/mol. The maximum Gasteiger partial charge on any atom is 0.213 e. The minimum absolute atomic E-state index is 0. The lowest BCUT2D eigenvalue weighted by atomic mass is 9.90. The molecule has 3 rings (SSSR count). The Morgan fingerprint density at radius 2 is 1.17 bits per heavy atom. The van der Waals surface area contributed by atoms with Crippen molar-refractivity contribution in [2.75, 3.05) is 52.1 Å². The second-order valence-corrected chi connectivity index (χ2v) is 8.67. The van der Waals surface area contributed by atoms with Gasteiger partial charge in [-0.15, -0.1) is 0 Å². The molecule has 0 atom stereocenters. The molecule has 30 heavy (non-hydrogen) atoms. The van der Waals surface area contributed by atoms with Crippen molar-refractivity contribution in [3.63, 3.8) is 0 Å². The smallest absolute Gasteiger partial charge is 0.213 e. The van der Waals surface area contributed by atoms with Crippen LogP contribution in [0.3, 0.4) is 0 Å². The molecule has 0 amide bonds. The van der Waals surface area contributed by atoms with Crippen LogP contribution in [0.1, 0.15) is 11.1 Å². The quantitative estimate of drug-likeness (QED) is 0.613. The van der Waals surface area contributed by atoms with Gasteiger partial charge in [-0.1, -0.05) is 24.3 Å². The van der Waals surface area contributed by atoms with Gasteiger partial charge in [0.05, 0.1) is 4.48 Å². The van der Waals surface area contributed by atoms with E-state index in [2.05, 4.69) is 139 Å². The Hall–Kier alpha value is -2.30. The van der Waals surface area contributed by atoms with Crippen LogP contribution in [0.25, 0.3) is 5.57 Å². The lowest BCUT2D eigenvalue weighted by Gasteiger charge is -2.18. The Labute approximate surface area is 195 Å². The number of anilines is 2. The van der Waals surface area contributed by atoms with Crippen molar-refractivity contribution in [1.82, 2.24) is 0 Å². The van der Waals surface area contributed by atoms with Gasteiger partial charge in [-0.05, 0) is 74.6 Å². The number of benzene rings is 2. The van der Waals surface area contributed by atoms with Crippen LogP contribution in [0, 0.1) is 0 Å². The van der Waals surface area contributed by atoms with Gasteiger partial charge in [-0.3, -0.25) is 0 Å². The predicted octanol–water partition coefficient (Wildman–Crippen LogP) is 2.19. The van der Waals surface area contributed by atoms with E-state index in [4.69, 9.17) is 0 Å². The second kappa shape index (κ2) is 10.1. The number of halogens is 2. The van der Waals surface area contributed by atoms with Gasteiger partial charge in [0.2, 0.25) is 5.71 Å². The second-order valence-electron chi connectivity index (χ2n) is 7.82. The van der Waals surface area contributed by atoms with Gasteiger partial charge in [0.15, 0.2) is 0 Å². The molecule has 2 aromatic rings. The van der Waals surface area contributed by atoms with Crippen LogP contribution in [0.2, 0.25) is 0 Å². The van der Waals surface area contributed by atoms with Crippen LogP contribution >= 0.6 is 15.9 Å². The molecule has 0 radical (unpaired) electrons. The molecule has 0 aromatic heterocycles. The van der Waals surface area contributed by atoms with Crippen LogP contribution in [-0.4, -0.2) is 52.6 Å². The highest BCUT2D eigenvalue weighted by Gasteiger charge is 2.18. The standard InChI is InChI=1S/C25H29BrN3.ClH/c1-27(2)21-12-7-18(8-13-21)25(19-9-14-22(15-10-19)28(3)4)20-11-16-24(29(5)6)23(26)17-20;/h7-17H,1-6H3;1H/q+1;/p-1.